The summed E-state index contributed by atoms with van der Waals surface area (Å²) in [5.41, 5.74) is 3.04. The number of methoxy groups -OCH3 is 1. The molecule has 3 aliphatic rings. The smallest absolute Gasteiger partial charge is 0.271 e. The monoisotopic (exact) mass is 668 g/mol. The molecule has 3 aromatic carbocycles. The van der Waals surface area contributed by atoms with Gasteiger partial charge in [-0.2, -0.15) is 5.10 Å². The third-order valence-corrected chi connectivity index (χ3v) is 9.22. The number of hydrogen-bond acceptors (Lipinski definition) is 12. The van der Waals surface area contributed by atoms with Crippen molar-refractivity contribution in [3.63, 3.8) is 0 Å². The van der Waals surface area contributed by atoms with Crippen LogP contribution in [0, 0.1) is 0 Å². The van der Waals surface area contributed by atoms with E-state index in [9.17, 15) is 44.1 Å². The van der Waals surface area contributed by atoms with Gasteiger partial charge < -0.3 is 30.8 Å². The highest BCUT2D eigenvalue weighted by atomic mass is 35.5. The minimum Gasteiger partial charge on any atom is -0.507 e. The zero-order chi connectivity index (χ0) is 34.4. The Morgan fingerprint density at radius 1 is 1.00 bits per heavy atom. The Bertz CT molecular complexity index is 2390. The number of hydrogen-bond donors (Lipinski definition) is 6. The first-order valence-electron chi connectivity index (χ1n) is 14.2. The van der Waals surface area contributed by atoms with Crippen LogP contribution in [0.3, 0.4) is 0 Å². The zero-order valence-corrected chi connectivity index (χ0v) is 25.3. The van der Waals surface area contributed by atoms with Gasteiger partial charge in [0, 0.05) is 17.2 Å². The number of fused-ring (bicyclic) bond motifs is 5. The lowest BCUT2D eigenvalue weighted by atomic mass is 9.76. The number of Topliss-reactive ketones (excluding diaryl/α,β-unsaturated/α-hetero) is 3. The molecule has 1 aromatic heterocycles. The summed E-state index contributed by atoms with van der Waals surface area (Å²) in [4.78, 5) is 82.3. The number of nitrogens with one attached hydrogen (secondary N) is 2. The minimum absolute atomic E-state index is 0.0647. The second-order valence-corrected chi connectivity index (χ2v) is 11.8. The molecule has 0 unspecified atom stereocenters. The number of aryl methyl sites for hydroxylation is 1. The van der Waals surface area contributed by atoms with E-state index in [2.05, 4.69) is 15.5 Å². The number of benzene rings is 3. The van der Waals surface area contributed by atoms with Crippen molar-refractivity contribution in [2.75, 3.05) is 12.8 Å². The average Bonchev–Trinajstić information content (AvgIpc) is 3.54. The van der Waals surface area contributed by atoms with Crippen molar-refractivity contribution in [2.45, 2.75) is 18.3 Å². The van der Waals surface area contributed by atoms with E-state index in [0.717, 1.165) is 19.4 Å². The van der Waals surface area contributed by atoms with E-state index in [1.165, 1.54) is 30.3 Å². The molecule has 240 valence electrons. The van der Waals surface area contributed by atoms with Gasteiger partial charge in [0.25, 0.3) is 11.5 Å². The highest BCUT2D eigenvalue weighted by molar-refractivity contribution is 6.39. The van der Waals surface area contributed by atoms with Gasteiger partial charge in [0.2, 0.25) is 5.78 Å². The Kier molecular flexibility index (Phi) is 6.56. The van der Waals surface area contributed by atoms with Gasteiger partial charge in [0.05, 0.1) is 57.4 Å². The molecule has 0 saturated carbocycles. The number of carbonyl (C=O) groups is 5. The number of anilines is 1. The number of nitrogen functional groups attached to an aromatic ring is 1. The second-order valence-electron chi connectivity index (χ2n) is 11.4. The Morgan fingerprint density at radius 2 is 1.69 bits per heavy atom. The van der Waals surface area contributed by atoms with Crippen LogP contribution in [0.1, 0.15) is 75.0 Å². The lowest BCUT2D eigenvalue weighted by molar-refractivity contribution is 0.0790. The van der Waals surface area contributed by atoms with Gasteiger partial charge in [-0.1, -0.05) is 17.7 Å². The standard InChI is InChI=1S/C33H21ClN4O10/c1-48-18-9-17(39)20-21(25(18)40)27(42)23-22(26(20)41)29(44)33(30(23)45)5-4-11-6-13-7-14(37-32(47)19(13)28(43)24(11)33)10-36-38-31(46)12-2-3-16(35)15(34)8-12/h2-3,6-10,41-43H,4-5,35H2,1H3,(H,37,47)(H,38,46)/b36-10+/t33-/m0/s1. The molecule has 48 heavy (non-hydrogen) atoms. The molecule has 1 spiro atoms. The molecule has 1 amide bonds. The summed E-state index contributed by atoms with van der Waals surface area (Å²) >= 11 is 5.96. The van der Waals surface area contributed by atoms with Crippen molar-refractivity contribution in [3.05, 3.63) is 102 Å². The van der Waals surface area contributed by atoms with Crippen LogP contribution in [0.25, 0.3) is 10.8 Å². The molecule has 3 aliphatic carbocycles. The molecule has 0 radical (unpaired) electrons. The number of phenolic OH excluding ortho intramolecular Hbond substituents is 3. The molecule has 1 heterocycles. The Labute approximate surface area is 273 Å². The van der Waals surface area contributed by atoms with Crippen LogP contribution >= 0.6 is 11.6 Å². The lowest BCUT2D eigenvalue weighted by Gasteiger charge is -2.22. The molecule has 0 saturated heterocycles. The quantitative estimate of drug-likeness (QED) is 0.0607. The van der Waals surface area contributed by atoms with Gasteiger partial charge in [-0.25, -0.2) is 5.43 Å². The fraction of sp³-hybridized carbons (Fsp3) is 0.121. The number of halogens is 1. The maximum Gasteiger partial charge on any atom is 0.271 e. The number of pyridine rings is 1. The van der Waals surface area contributed by atoms with Gasteiger partial charge in [-0.3, -0.25) is 28.8 Å². The maximum atomic E-state index is 14.1. The van der Waals surface area contributed by atoms with Crippen LogP contribution in [-0.4, -0.2) is 62.7 Å². The molecule has 7 N–H and O–H groups in total. The summed E-state index contributed by atoms with van der Waals surface area (Å²) in [5, 5.41) is 37.8. The first-order chi connectivity index (χ1) is 22.8. The number of allylic oxidation sites excluding steroid dienone is 2. The molecular weight excluding hydrogens is 648 g/mol. The molecule has 4 aromatic rings. The van der Waals surface area contributed by atoms with E-state index >= 15 is 0 Å². The van der Waals surface area contributed by atoms with Crippen LogP contribution in [0.4, 0.5) is 5.69 Å². The number of rotatable bonds is 4. The summed E-state index contributed by atoms with van der Waals surface area (Å²) in [6.07, 6.45) is 1.81. The summed E-state index contributed by atoms with van der Waals surface area (Å²) in [6, 6.07) is 7.23. The van der Waals surface area contributed by atoms with E-state index in [-0.39, 0.29) is 45.5 Å². The number of carbonyl (C=O) groups excluding carboxylic acids is 5. The third kappa shape index (κ3) is 3.95. The number of amides is 1. The molecule has 15 heteroatoms. The number of H-pyrrole nitrogens is 1. The Morgan fingerprint density at radius 3 is 2.35 bits per heavy atom. The molecular formula is C33H21ClN4O10. The highest BCUT2D eigenvalue weighted by Crippen LogP contribution is 2.57. The molecule has 0 bridgehead atoms. The number of aromatic hydroxyl groups is 3. The van der Waals surface area contributed by atoms with Gasteiger partial charge in [0.15, 0.2) is 23.1 Å². The summed E-state index contributed by atoms with van der Waals surface area (Å²) in [7, 11) is 1.12. The van der Waals surface area contributed by atoms with E-state index in [0.29, 0.717) is 11.3 Å². The fourth-order valence-electron chi connectivity index (χ4n) is 6.72. The van der Waals surface area contributed by atoms with E-state index < -0.39 is 85.3 Å². The predicted octanol–water partition coefficient (Wildman–Crippen LogP) is 2.82. The Hall–Kier alpha value is -6.28. The number of ketones is 4. The largest absolute Gasteiger partial charge is 0.507 e. The lowest BCUT2D eigenvalue weighted by Crippen LogP contribution is -2.36. The minimum atomic E-state index is -2.17. The summed E-state index contributed by atoms with van der Waals surface area (Å²) in [6.45, 7) is 0. The highest BCUT2D eigenvalue weighted by Gasteiger charge is 2.61. The van der Waals surface area contributed by atoms with E-state index in [4.69, 9.17) is 22.1 Å². The molecule has 0 fully saturated rings. The normalized spacial score (nSPS) is 18.0. The van der Waals surface area contributed by atoms with Crippen molar-refractivity contribution in [1.29, 1.82) is 0 Å². The molecule has 7 rings (SSSR count). The van der Waals surface area contributed by atoms with Gasteiger partial charge in [-0.05, 0) is 48.1 Å². The van der Waals surface area contributed by atoms with Crippen LogP contribution in [0.15, 0.2) is 52.1 Å². The van der Waals surface area contributed by atoms with Gasteiger partial charge in [0.1, 0.15) is 22.7 Å². The van der Waals surface area contributed by atoms with Crippen molar-refractivity contribution in [3.8, 4) is 17.2 Å². The van der Waals surface area contributed by atoms with Crippen LogP contribution in [0.2, 0.25) is 5.02 Å². The number of phenols is 3. The van der Waals surface area contributed by atoms with Crippen molar-refractivity contribution < 1.29 is 44.0 Å². The topological polar surface area (TPSA) is 239 Å². The Balaban J connectivity index is 1.29. The number of ether oxygens (including phenoxy) is 1. The van der Waals surface area contributed by atoms with Crippen molar-refractivity contribution >= 4 is 63.3 Å². The van der Waals surface area contributed by atoms with Crippen LogP contribution in [0.5, 0.6) is 17.2 Å². The first-order valence-corrected chi connectivity index (χ1v) is 14.6. The third-order valence-electron chi connectivity index (χ3n) is 8.89. The number of hydrazone groups is 1. The van der Waals surface area contributed by atoms with Crippen molar-refractivity contribution in [2.24, 2.45) is 5.10 Å². The predicted molar refractivity (Wildman–Crippen MR) is 169 cm³/mol. The molecule has 1 atom stereocenters. The number of aromatic nitrogens is 1. The first kappa shape index (κ1) is 30.4. The maximum absolute atomic E-state index is 14.1. The number of nitrogens with two attached hydrogens (primary N) is 1. The van der Waals surface area contributed by atoms with E-state index in [1.54, 1.807) is 0 Å². The molecule has 0 aliphatic heterocycles. The SMILES string of the molecule is COC1=CC(=O)c2c(O)c3c(c(O)c2C1=O)C(=O)[C@]1(CCc2cc4cc(/C=N/NC(=O)c5ccc(N)c(Cl)c5)[nH]c(=O)c4c(O)c21)C3=O. The van der Waals surface area contributed by atoms with Crippen LogP contribution in [-0.2, 0) is 16.6 Å². The molecule has 14 nitrogen and oxygen atoms in total. The number of nitrogens with zero attached hydrogens (tertiary/aromatic N) is 1. The van der Waals surface area contributed by atoms with Gasteiger partial charge >= 0.3 is 0 Å². The zero-order valence-electron chi connectivity index (χ0n) is 24.6. The summed E-state index contributed by atoms with van der Waals surface area (Å²) in [5.74, 6) is -7.59. The van der Waals surface area contributed by atoms with Crippen molar-refractivity contribution in [1.82, 2.24) is 10.4 Å². The average molecular weight is 669 g/mol. The second kappa shape index (κ2) is 10.4. The fourth-order valence-corrected chi connectivity index (χ4v) is 6.90. The van der Waals surface area contributed by atoms with Gasteiger partial charge in [-0.15, -0.1) is 0 Å². The van der Waals surface area contributed by atoms with E-state index in [1.807, 2.05) is 0 Å². The number of aromatic amines is 1. The van der Waals surface area contributed by atoms with Crippen LogP contribution < -0.4 is 16.7 Å². The summed E-state index contributed by atoms with van der Waals surface area (Å²) < 4.78 is 4.91.